The van der Waals surface area contributed by atoms with E-state index in [0.29, 0.717) is 0 Å². The number of hydrogen-bond acceptors (Lipinski definition) is 4. The van der Waals surface area contributed by atoms with Crippen LogP contribution in [0.3, 0.4) is 0 Å². The van der Waals surface area contributed by atoms with Crippen molar-refractivity contribution in [3.63, 3.8) is 0 Å². The summed E-state index contributed by atoms with van der Waals surface area (Å²) in [4.78, 5) is 12.6. The minimum atomic E-state index is 0.786. The van der Waals surface area contributed by atoms with Crippen LogP contribution in [0.15, 0.2) is 36.9 Å². The lowest BCUT2D eigenvalue weighted by molar-refractivity contribution is 1.01. The lowest BCUT2D eigenvalue weighted by atomic mass is 10.1. The molecule has 4 heteroatoms. The van der Waals surface area contributed by atoms with Gasteiger partial charge in [-0.25, -0.2) is 4.98 Å². The van der Waals surface area contributed by atoms with Crippen LogP contribution in [-0.2, 0) is 6.42 Å². The second kappa shape index (κ2) is 5.21. The topological polar surface area (TPSA) is 50.7 Å². The number of aromatic nitrogens is 3. The fraction of sp³-hybridized carbons (Fsp3) is 0.250. The van der Waals surface area contributed by atoms with Crippen LogP contribution in [0.1, 0.15) is 18.2 Å². The van der Waals surface area contributed by atoms with E-state index in [4.69, 9.17) is 0 Å². The van der Waals surface area contributed by atoms with E-state index in [9.17, 15) is 0 Å². The zero-order valence-electron chi connectivity index (χ0n) is 9.22. The third-order valence-corrected chi connectivity index (χ3v) is 2.18. The Bertz CT molecular complexity index is 442. The molecule has 2 rings (SSSR count). The highest BCUT2D eigenvalue weighted by molar-refractivity contribution is 5.32. The first-order valence-electron chi connectivity index (χ1n) is 5.32. The van der Waals surface area contributed by atoms with Gasteiger partial charge in [-0.1, -0.05) is 0 Å². The molecule has 0 amide bonds. The van der Waals surface area contributed by atoms with Gasteiger partial charge in [-0.05, 0) is 24.6 Å². The molecule has 0 radical (unpaired) electrons. The molecule has 0 saturated heterocycles. The molecule has 1 N–H and O–H groups in total. The van der Waals surface area contributed by atoms with Crippen molar-refractivity contribution >= 4 is 5.82 Å². The summed E-state index contributed by atoms with van der Waals surface area (Å²) in [6, 6.07) is 3.98. The molecular weight excluding hydrogens is 200 g/mol. The molecule has 0 aliphatic rings. The molecule has 0 atom stereocenters. The molecule has 0 unspecified atom stereocenters. The summed E-state index contributed by atoms with van der Waals surface area (Å²) in [7, 11) is 0. The lowest BCUT2D eigenvalue weighted by Crippen LogP contribution is -2.02. The van der Waals surface area contributed by atoms with Crippen LogP contribution in [0, 0.1) is 0 Å². The van der Waals surface area contributed by atoms with E-state index in [2.05, 4.69) is 20.3 Å². The van der Waals surface area contributed by atoms with Gasteiger partial charge in [-0.3, -0.25) is 9.97 Å². The molecule has 82 valence electrons. The SMILES string of the molecule is CCNc1cncc(Cc2ccncc2)n1. The Kier molecular flexibility index (Phi) is 3.43. The number of nitrogens with zero attached hydrogens (tertiary/aromatic N) is 3. The van der Waals surface area contributed by atoms with E-state index in [0.717, 1.165) is 24.5 Å². The van der Waals surface area contributed by atoms with Gasteiger partial charge < -0.3 is 5.32 Å². The largest absolute Gasteiger partial charge is 0.369 e. The Balaban J connectivity index is 2.12. The minimum absolute atomic E-state index is 0.786. The van der Waals surface area contributed by atoms with Crippen LogP contribution in [0.2, 0.25) is 0 Å². The molecule has 16 heavy (non-hydrogen) atoms. The van der Waals surface area contributed by atoms with Crippen LogP contribution in [0.5, 0.6) is 0 Å². The van der Waals surface area contributed by atoms with Crippen LogP contribution in [0.25, 0.3) is 0 Å². The number of rotatable bonds is 4. The third kappa shape index (κ3) is 2.76. The molecule has 2 aromatic rings. The van der Waals surface area contributed by atoms with Gasteiger partial charge in [-0.15, -0.1) is 0 Å². The van der Waals surface area contributed by atoms with Crippen molar-refractivity contribution in [2.75, 3.05) is 11.9 Å². The maximum Gasteiger partial charge on any atom is 0.144 e. The van der Waals surface area contributed by atoms with E-state index in [1.54, 1.807) is 24.8 Å². The van der Waals surface area contributed by atoms with Gasteiger partial charge in [0.25, 0.3) is 0 Å². The summed E-state index contributed by atoms with van der Waals surface area (Å²) in [6.07, 6.45) is 7.89. The highest BCUT2D eigenvalue weighted by Crippen LogP contribution is 2.07. The monoisotopic (exact) mass is 214 g/mol. The Hall–Kier alpha value is -1.97. The van der Waals surface area contributed by atoms with Gasteiger partial charge in [0.2, 0.25) is 0 Å². The van der Waals surface area contributed by atoms with Gasteiger partial charge in [-0.2, -0.15) is 0 Å². The molecule has 0 aliphatic heterocycles. The first-order chi connectivity index (χ1) is 7.88. The minimum Gasteiger partial charge on any atom is -0.369 e. The number of nitrogens with one attached hydrogen (secondary N) is 1. The van der Waals surface area contributed by atoms with Gasteiger partial charge in [0.15, 0.2) is 0 Å². The van der Waals surface area contributed by atoms with Crippen molar-refractivity contribution in [2.24, 2.45) is 0 Å². The molecule has 0 fully saturated rings. The third-order valence-electron chi connectivity index (χ3n) is 2.18. The number of pyridine rings is 1. The predicted molar refractivity (Wildman–Crippen MR) is 63.2 cm³/mol. The zero-order chi connectivity index (χ0) is 11.2. The molecule has 0 aromatic carbocycles. The van der Waals surface area contributed by atoms with E-state index in [1.807, 2.05) is 19.1 Å². The Morgan fingerprint density at radius 3 is 2.69 bits per heavy atom. The standard InChI is InChI=1S/C12H14N4/c1-2-15-12-9-14-8-11(16-12)7-10-3-5-13-6-4-10/h3-6,8-9H,2,7H2,1H3,(H,15,16). The lowest BCUT2D eigenvalue weighted by Gasteiger charge is -2.04. The van der Waals surface area contributed by atoms with Crippen molar-refractivity contribution in [1.29, 1.82) is 0 Å². The highest BCUT2D eigenvalue weighted by Gasteiger charge is 1.99. The molecule has 4 nitrogen and oxygen atoms in total. The first kappa shape index (κ1) is 10.5. The van der Waals surface area contributed by atoms with Crippen molar-refractivity contribution in [2.45, 2.75) is 13.3 Å². The smallest absolute Gasteiger partial charge is 0.144 e. The second-order valence-corrected chi connectivity index (χ2v) is 3.46. The van der Waals surface area contributed by atoms with E-state index in [-0.39, 0.29) is 0 Å². The summed E-state index contributed by atoms with van der Waals surface area (Å²) >= 11 is 0. The van der Waals surface area contributed by atoms with E-state index < -0.39 is 0 Å². The highest BCUT2D eigenvalue weighted by atomic mass is 15.0. The van der Waals surface area contributed by atoms with Crippen LogP contribution in [-0.4, -0.2) is 21.5 Å². The summed E-state index contributed by atoms with van der Waals surface area (Å²) in [5.41, 5.74) is 2.16. The fourth-order valence-corrected chi connectivity index (χ4v) is 1.47. The summed E-state index contributed by atoms with van der Waals surface area (Å²) in [5.74, 6) is 0.828. The van der Waals surface area contributed by atoms with Crippen molar-refractivity contribution in [1.82, 2.24) is 15.0 Å². The second-order valence-electron chi connectivity index (χ2n) is 3.46. The van der Waals surface area contributed by atoms with Gasteiger partial charge in [0, 0.05) is 31.6 Å². The molecule has 0 aliphatic carbocycles. The Morgan fingerprint density at radius 1 is 1.12 bits per heavy atom. The fourth-order valence-electron chi connectivity index (χ4n) is 1.47. The predicted octanol–water partition coefficient (Wildman–Crippen LogP) is 1.89. The quantitative estimate of drug-likeness (QED) is 0.844. The molecule has 2 aromatic heterocycles. The van der Waals surface area contributed by atoms with Crippen LogP contribution >= 0.6 is 0 Å². The van der Waals surface area contributed by atoms with Crippen molar-refractivity contribution < 1.29 is 0 Å². The van der Waals surface area contributed by atoms with Gasteiger partial charge in [0.05, 0.1) is 11.9 Å². The molecule has 0 bridgehead atoms. The van der Waals surface area contributed by atoms with Gasteiger partial charge >= 0.3 is 0 Å². The van der Waals surface area contributed by atoms with Crippen molar-refractivity contribution in [3.8, 4) is 0 Å². The average molecular weight is 214 g/mol. The summed E-state index contributed by atoms with van der Waals surface area (Å²) < 4.78 is 0. The summed E-state index contributed by atoms with van der Waals surface area (Å²) in [5, 5.41) is 3.15. The maximum absolute atomic E-state index is 4.46. The number of anilines is 1. The Morgan fingerprint density at radius 2 is 1.94 bits per heavy atom. The molecule has 0 spiro atoms. The zero-order valence-corrected chi connectivity index (χ0v) is 9.22. The molecule has 2 heterocycles. The maximum atomic E-state index is 4.46. The van der Waals surface area contributed by atoms with E-state index >= 15 is 0 Å². The summed E-state index contributed by atoms with van der Waals surface area (Å²) in [6.45, 7) is 2.89. The molecular formula is C12H14N4. The first-order valence-corrected chi connectivity index (χ1v) is 5.32. The van der Waals surface area contributed by atoms with Crippen LogP contribution in [0.4, 0.5) is 5.82 Å². The van der Waals surface area contributed by atoms with Crippen molar-refractivity contribution in [3.05, 3.63) is 48.2 Å². The van der Waals surface area contributed by atoms with Gasteiger partial charge in [0.1, 0.15) is 5.82 Å². The Labute approximate surface area is 94.8 Å². The van der Waals surface area contributed by atoms with Crippen LogP contribution < -0.4 is 5.32 Å². The van der Waals surface area contributed by atoms with E-state index in [1.165, 1.54) is 5.56 Å². The number of hydrogen-bond donors (Lipinski definition) is 1. The normalized spacial score (nSPS) is 10.1. The average Bonchev–Trinajstić information content (AvgIpc) is 2.31. The molecule has 0 saturated carbocycles.